The van der Waals surface area contributed by atoms with Gasteiger partial charge in [0.2, 0.25) is 16.0 Å². The number of anilines is 4. The van der Waals surface area contributed by atoms with Crippen LogP contribution in [0, 0.1) is 6.92 Å². The van der Waals surface area contributed by atoms with Gasteiger partial charge in [0, 0.05) is 36.2 Å². The zero-order valence-corrected chi connectivity index (χ0v) is 15.3. The van der Waals surface area contributed by atoms with E-state index in [1.54, 1.807) is 24.3 Å². The van der Waals surface area contributed by atoms with Crippen LogP contribution >= 0.6 is 0 Å². The molecule has 0 radical (unpaired) electrons. The highest BCUT2D eigenvalue weighted by Gasteiger charge is 2.14. The number of aryl methyl sites for hydroxylation is 1. The topological polar surface area (TPSA) is 87.2 Å². The highest BCUT2D eigenvalue weighted by atomic mass is 32.2. The van der Waals surface area contributed by atoms with Gasteiger partial charge in [-0.2, -0.15) is 4.98 Å². The summed E-state index contributed by atoms with van der Waals surface area (Å²) in [5, 5.41) is 3.19. The molecule has 3 rings (SSSR count). The minimum absolute atomic E-state index is 0.521. The van der Waals surface area contributed by atoms with Crippen LogP contribution in [-0.2, 0) is 10.0 Å². The Balaban J connectivity index is 1.75. The van der Waals surface area contributed by atoms with Gasteiger partial charge in [-0.25, -0.2) is 13.4 Å². The standard InChI is InChI=1S/C17H23N5O2S/c1-13-12-16(22-10-4-3-5-11-22)20-17(18-13)19-14-6-8-15(9-7-14)21-25(2,23)24/h6-9,12,21H,3-5,10-11H2,1-2H3,(H,18,19,20). The number of nitrogens with one attached hydrogen (secondary N) is 2. The number of nitrogens with zero attached hydrogens (tertiary/aromatic N) is 3. The fourth-order valence-corrected chi connectivity index (χ4v) is 3.42. The third-order valence-electron chi connectivity index (χ3n) is 3.97. The molecule has 0 bridgehead atoms. The predicted octanol–water partition coefficient (Wildman–Crippen LogP) is 2.89. The second-order valence-electron chi connectivity index (χ2n) is 6.32. The minimum Gasteiger partial charge on any atom is -0.356 e. The molecule has 0 atom stereocenters. The van der Waals surface area contributed by atoms with Crippen LogP contribution in [0.5, 0.6) is 0 Å². The van der Waals surface area contributed by atoms with Crippen LogP contribution in [-0.4, -0.2) is 37.7 Å². The van der Waals surface area contributed by atoms with E-state index in [-0.39, 0.29) is 0 Å². The first-order valence-corrected chi connectivity index (χ1v) is 10.2. The molecule has 8 heteroatoms. The summed E-state index contributed by atoms with van der Waals surface area (Å²) in [6.07, 6.45) is 4.79. The zero-order valence-electron chi connectivity index (χ0n) is 14.5. The number of rotatable bonds is 5. The summed E-state index contributed by atoms with van der Waals surface area (Å²) in [5.74, 6) is 1.49. The molecular formula is C17H23N5O2S. The fourth-order valence-electron chi connectivity index (χ4n) is 2.86. The van der Waals surface area contributed by atoms with E-state index >= 15 is 0 Å². The Morgan fingerprint density at radius 1 is 1.00 bits per heavy atom. The molecule has 134 valence electrons. The van der Waals surface area contributed by atoms with Gasteiger partial charge in [0.05, 0.1) is 6.26 Å². The van der Waals surface area contributed by atoms with Crippen molar-refractivity contribution in [3.05, 3.63) is 36.0 Å². The van der Waals surface area contributed by atoms with Gasteiger partial charge in [0.25, 0.3) is 0 Å². The first-order chi connectivity index (χ1) is 11.9. The number of piperidine rings is 1. The predicted molar refractivity (Wildman–Crippen MR) is 101 cm³/mol. The van der Waals surface area contributed by atoms with E-state index in [1.165, 1.54) is 19.3 Å². The average Bonchev–Trinajstić information content (AvgIpc) is 2.56. The lowest BCUT2D eigenvalue weighted by atomic mass is 10.1. The summed E-state index contributed by atoms with van der Waals surface area (Å²) in [6.45, 7) is 4.02. The third kappa shape index (κ3) is 5.06. The maximum absolute atomic E-state index is 11.3. The molecule has 0 saturated carbocycles. The molecule has 1 aromatic heterocycles. The largest absolute Gasteiger partial charge is 0.356 e. The fraction of sp³-hybridized carbons (Fsp3) is 0.412. The molecule has 0 spiro atoms. The molecule has 1 aliphatic heterocycles. The third-order valence-corrected chi connectivity index (χ3v) is 4.57. The molecule has 1 aliphatic rings. The van der Waals surface area contributed by atoms with Gasteiger partial charge in [0.1, 0.15) is 5.82 Å². The lowest BCUT2D eigenvalue weighted by molar-refractivity contribution is 0.573. The van der Waals surface area contributed by atoms with Crippen LogP contribution in [0.1, 0.15) is 25.0 Å². The zero-order chi connectivity index (χ0) is 17.9. The number of benzene rings is 1. The van der Waals surface area contributed by atoms with Crippen molar-refractivity contribution in [2.24, 2.45) is 0 Å². The Morgan fingerprint density at radius 3 is 2.28 bits per heavy atom. The minimum atomic E-state index is -3.27. The molecule has 2 N–H and O–H groups in total. The van der Waals surface area contributed by atoms with Crippen molar-refractivity contribution >= 4 is 33.2 Å². The van der Waals surface area contributed by atoms with Crippen molar-refractivity contribution in [3.63, 3.8) is 0 Å². The Kier molecular flexibility index (Phi) is 5.08. The Hall–Kier alpha value is -2.35. The summed E-state index contributed by atoms with van der Waals surface area (Å²) < 4.78 is 24.9. The van der Waals surface area contributed by atoms with E-state index in [9.17, 15) is 8.42 Å². The molecule has 0 aliphatic carbocycles. The molecule has 0 unspecified atom stereocenters. The van der Waals surface area contributed by atoms with Crippen LogP contribution in [0.15, 0.2) is 30.3 Å². The van der Waals surface area contributed by atoms with Crippen molar-refractivity contribution in [2.45, 2.75) is 26.2 Å². The van der Waals surface area contributed by atoms with E-state index in [1.807, 2.05) is 13.0 Å². The van der Waals surface area contributed by atoms with Gasteiger partial charge in [-0.15, -0.1) is 0 Å². The lowest BCUT2D eigenvalue weighted by Crippen LogP contribution is -2.30. The molecular weight excluding hydrogens is 338 g/mol. The number of aromatic nitrogens is 2. The first kappa shape index (κ1) is 17.5. The molecule has 1 aromatic carbocycles. The molecule has 1 saturated heterocycles. The van der Waals surface area contributed by atoms with Gasteiger partial charge in [0.15, 0.2) is 0 Å². The highest BCUT2D eigenvalue weighted by Crippen LogP contribution is 2.22. The van der Waals surface area contributed by atoms with Crippen molar-refractivity contribution in [2.75, 3.05) is 34.3 Å². The Labute approximate surface area is 148 Å². The van der Waals surface area contributed by atoms with Crippen LogP contribution < -0.4 is 14.9 Å². The van der Waals surface area contributed by atoms with Crippen LogP contribution in [0.2, 0.25) is 0 Å². The molecule has 1 fully saturated rings. The van der Waals surface area contributed by atoms with Gasteiger partial charge in [-0.3, -0.25) is 4.72 Å². The van der Waals surface area contributed by atoms with E-state index < -0.39 is 10.0 Å². The molecule has 0 amide bonds. The van der Waals surface area contributed by atoms with Gasteiger partial charge >= 0.3 is 0 Å². The van der Waals surface area contributed by atoms with Gasteiger partial charge < -0.3 is 10.2 Å². The van der Waals surface area contributed by atoms with Crippen LogP contribution in [0.25, 0.3) is 0 Å². The van der Waals surface area contributed by atoms with E-state index in [4.69, 9.17) is 0 Å². The van der Waals surface area contributed by atoms with Gasteiger partial charge in [-0.05, 0) is 50.5 Å². The first-order valence-electron chi connectivity index (χ1n) is 8.34. The normalized spacial score (nSPS) is 15.0. The quantitative estimate of drug-likeness (QED) is 0.851. The van der Waals surface area contributed by atoms with E-state index in [0.29, 0.717) is 11.6 Å². The van der Waals surface area contributed by atoms with Crippen molar-refractivity contribution in [3.8, 4) is 0 Å². The number of sulfonamides is 1. The Morgan fingerprint density at radius 2 is 1.64 bits per heavy atom. The maximum atomic E-state index is 11.3. The molecule has 2 heterocycles. The van der Waals surface area contributed by atoms with Crippen molar-refractivity contribution in [1.29, 1.82) is 0 Å². The average molecular weight is 361 g/mol. The highest BCUT2D eigenvalue weighted by molar-refractivity contribution is 7.92. The maximum Gasteiger partial charge on any atom is 0.229 e. The van der Waals surface area contributed by atoms with Gasteiger partial charge in [-0.1, -0.05) is 0 Å². The molecule has 7 nitrogen and oxygen atoms in total. The summed E-state index contributed by atoms with van der Waals surface area (Å²) in [4.78, 5) is 11.4. The van der Waals surface area contributed by atoms with Crippen LogP contribution in [0.4, 0.5) is 23.1 Å². The summed E-state index contributed by atoms with van der Waals surface area (Å²) in [7, 11) is -3.27. The lowest BCUT2D eigenvalue weighted by Gasteiger charge is -2.28. The second-order valence-corrected chi connectivity index (χ2v) is 8.06. The molecule has 25 heavy (non-hydrogen) atoms. The number of hydrogen-bond donors (Lipinski definition) is 2. The van der Waals surface area contributed by atoms with Crippen molar-refractivity contribution < 1.29 is 8.42 Å². The SMILES string of the molecule is Cc1cc(N2CCCCC2)nc(Nc2ccc(NS(C)(=O)=O)cc2)n1. The van der Waals surface area contributed by atoms with Crippen LogP contribution in [0.3, 0.4) is 0 Å². The monoisotopic (exact) mass is 361 g/mol. The summed E-state index contributed by atoms with van der Waals surface area (Å²) >= 11 is 0. The second kappa shape index (κ2) is 7.26. The number of hydrogen-bond acceptors (Lipinski definition) is 6. The van der Waals surface area contributed by atoms with E-state index in [2.05, 4.69) is 24.9 Å². The molecule has 2 aromatic rings. The summed E-state index contributed by atoms with van der Waals surface area (Å²) in [5.41, 5.74) is 2.23. The van der Waals surface area contributed by atoms with Crippen molar-refractivity contribution in [1.82, 2.24) is 9.97 Å². The van der Waals surface area contributed by atoms with E-state index in [0.717, 1.165) is 36.5 Å². The smallest absolute Gasteiger partial charge is 0.229 e. The Bertz CT molecular complexity index is 831. The summed E-state index contributed by atoms with van der Waals surface area (Å²) in [6, 6.07) is 8.99.